The van der Waals surface area contributed by atoms with Gasteiger partial charge in [-0.1, -0.05) is 29.8 Å². The van der Waals surface area contributed by atoms with Crippen LogP contribution in [-0.2, 0) is 6.61 Å². The standard InChI is InChI=1S/C18H18F2N4.C18H21F2N3O.C17H19F2N3O.C12H12ClF2N3.C6H6N.3C4H9.Sn/c1-12-4-3-5-15(22-12)16-10-14(21-2)11-17(24-16)23-13-6-8-18(19,20)9-7-13;1-12-3-2-4-15(21-12)16-9-13(11-24)10-17(23-16)22-14-5-7-18(19,20)8-6-14;1-11-3-2-4-14(20-11)15-9-13(23)10-16(22-15)21-12-5-7-17(18,19)8-6-12;1-16-9-6-10(13)18-11(7-9)17-8-2-4-12(14,15)5-3-8;1-6-4-2-3-5-7-6;3*1-3-4-2;/h3-5,10-11,13H,6-9H2,1H3,(H,23,24);2-4,9-10,14,24H,5-8,11H2,1H3,(H,22,23);2-4,9-10,12H,5-8H2,1H3,(H2,21,22,23);6-8H,2-5H2,(H,17,18);2-4H,1H3;3*1,3-4H2,2H3;. The molecule has 0 aliphatic heterocycles. The van der Waals surface area contributed by atoms with E-state index in [1.165, 1.54) is 75.7 Å². The molecule has 8 aromatic heterocycles. The van der Waals surface area contributed by atoms with Gasteiger partial charge in [0.2, 0.25) is 23.7 Å². The van der Waals surface area contributed by atoms with Crippen LogP contribution in [0.15, 0.2) is 126 Å². The molecule has 8 aromatic rings. The first kappa shape index (κ1) is 86.3. The third-order valence-electron chi connectivity index (χ3n) is 20.0. The van der Waals surface area contributed by atoms with Crippen LogP contribution >= 0.6 is 11.6 Å². The van der Waals surface area contributed by atoms with Crippen molar-refractivity contribution < 1.29 is 40.2 Å². The van der Waals surface area contributed by atoms with Gasteiger partial charge in [-0.3, -0.25) is 19.7 Å². The number of aliphatic hydroxyl groups is 1. The summed E-state index contributed by atoms with van der Waals surface area (Å²) in [5.41, 5.74) is 9.21. The van der Waals surface area contributed by atoms with Crippen LogP contribution in [0.3, 0.4) is 0 Å². The third kappa shape index (κ3) is 28.5. The smallest absolute Gasteiger partial charge is 0.248 e. The molecule has 16 nitrogen and oxygen atoms in total. The number of aromatic nitrogens is 8. The number of alkyl halides is 8. The Hall–Kier alpha value is -8.33. The van der Waals surface area contributed by atoms with E-state index in [0.717, 1.165) is 22.8 Å². The molecule has 0 aromatic carbocycles. The summed E-state index contributed by atoms with van der Waals surface area (Å²) >= 11 is 3.53. The van der Waals surface area contributed by atoms with Crippen LogP contribution in [0.4, 0.5) is 69.8 Å². The minimum absolute atomic E-state index is 0.0237. The minimum atomic E-state index is -2.56. The predicted molar refractivity (Wildman–Crippen MR) is 424 cm³/mol. The number of aromatic amines is 1. The van der Waals surface area contributed by atoms with Crippen molar-refractivity contribution in [2.24, 2.45) is 0 Å². The van der Waals surface area contributed by atoms with Crippen LogP contribution < -0.4 is 30.4 Å². The number of rotatable bonds is 22. The second-order valence-corrected chi connectivity index (χ2v) is 42.7. The van der Waals surface area contributed by atoms with Crippen molar-refractivity contribution in [2.45, 2.75) is 257 Å². The van der Waals surface area contributed by atoms with Gasteiger partial charge < -0.3 is 31.4 Å². The summed E-state index contributed by atoms with van der Waals surface area (Å²) in [6.07, 6.45) is 10.6. The molecule has 0 saturated heterocycles. The van der Waals surface area contributed by atoms with Crippen molar-refractivity contribution in [3.05, 3.63) is 188 Å². The maximum absolute atomic E-state index is 13.3. The number of H-pyrrole nitrogens is 1. The number of aryl methyl sites for hydroxylation is 4. The van der Waals surface area contributed by atoms with Gasteiger partial charge in [0.25, 0.3) is 0 Å². The fourth-order valence-corrected chi connectivity index (χ4v) is 29.7. The van der Waals surface area contributed by atoms with Gasteiger partial charge in [-0.05, 0) is 150 Å². The molecule has 12 rings (SSSR count). The van der Waals surface area contributed by atoms with Crippen molar-refractivity contribution in [3.63, 3.8) is 0 Å². The molecule has 4 aliphatic rings. The van der Waals surface area contributed by atoms with Crippen LogP contribution in [0, 0.1) is 40.8 Å². The van der Waals surface area contributed by atoms with Gasteiger partial charge in [0.15, 0.2) is 16.8 Å². The van der Waals surface area contributed by atoms with Gasteiger partial charge in [-0.2, -0.15) is 0 Å². The maximum Gasteiger partial charge on any atom is 0.248 e. The van der Waals surface area contributed by atoms with Gasteiger partial charge in [-0.15, -0.1) is 0 Å². The van der Waals surface area contributed by atoms with Gasteiger partial charge in [0.05, 0.1) is 53.9 Å². The van der Waals surface area contributed by atoms with Crippen molar-refractivity contribution in [3.8, 4) is 34.2 Å². The Bertz CT molecular complexity index is 4320. The molecule has 0 bridgehead atoms. The molecular weight excluding hydrogens is 1530 g/mol. The zero-order chi connectivity index (χ0) is 78.8. The number of pyridine rings is 8. The topological polar surface area (TPSA) is 200 Å². The van der Waals surface area contributed by atoms with E-state index in [9.17, 15) is 45.0 Å². The van der Waals surface area contributed by atoms with Gasteiger partial charge in [0.1, 0.15) is 28.4 Å². The fraction of sp³-hybridized carbons (Fsp3) is 0.494. The van der Waals surface area contributed by atoms with Crippen molar-refractivity contribution in [1.29, 1.82) is 0 Å². The summed E-state index contributed by atoms with van der Waals surface area (Å²) < 4.78 is 112. The Morgan fingerprint density at radius 1 is 0.459 bits per heavy atom. The quantitative estimate of drug-likeness (QED) is 0.0162. The summed E-state index contributed by atoms with van der Waals surface area (Å²) in [5, 5.41) is 22.4. The Morgan fingerprint density at radius 2 is 0.826 bits per heavy atom. The van der Waals surface area contributed by atoms with Crippen LogP contribution in [-0.4, -0.2) is 111 Å². The second kappa shape index (κ2) is 41.1. The molecular formula is C83H103ClF8N14O2Sn. The number of nitrogens with zero attached hydrogens (tertiary/aromatic N) is 9. The molecule has 8 heterocycles. The van der Waals surface area contributed by atoms with Crippen molar-refractivity contribution in [2.75, 3.05) is 21.3 Å². The van der Waals surface area contributed by atoms with E-state index >= 15 is 0 Å². The molecule has 0 spiro atoms. The average molecular weight is 1630 g/mol. The molecule has 0 unspecified atom stereocenters. The SMILES string of the molecule is CCC[CH2][Sn]([CH2]CCC)([CH2]CCC)[c]1cccc(C)n1.Cc1cccc(-c2cc(=O)cc(NC3CCC(F)(F)CC3)[nH]2)n1.Cc1cccc(-c2cc(CO)cc(NC3CCC(F)(F)CC3)n2)n1.[C-]#[N+]c1cc(Cl)nc(NC2CCC(F)(F)CC2)c1.[C-]#[N+]c1cc(NC2CCC(F)(F)CC2)nc(-c2cccc(C)n2)c1. The summed E-state index contributed by atoms with van der Waals surface area (Å²) in [6.45, 7) is 28.9. The van der Waals surface area contributed by atoms with Crippen molar-refractivity contribution in [1.82, 2.24) is 39.9 Å². The minimum Gasteiger partial charge on any atom is -0.392 e. The Morgan fingerprint density at radius 3 is 1.23 bits per heavy atom. The molecule has 0 atom stereocenters. The molecule has 109 heavy (non-hydrogen) atoms. The first-order valence-corrected chi connectivity index (χ1v) is 46.0. The molecule has 584 valence electrons. The second-order valence-electron chi connectivity index (χ2n) is 29.2. The van der Waals surface area contributed by atoms with Crippen LogP contribution in [0.25, 0.3) is 43.9 Å². The zero-order valence-corrected chi connectivity index (χ0v) is 67.1. The average Bonchev–Trinajstić information content (AvgIpc) is 0.909. The Kier molecular flexibility index (Phi) is 32.5. The van der Waals surface area contributed by atoms with Crippen molar-refractivity contribution >= 4 is 68.3 Å². The molecule has 4 fully saturated rings. The Labute approximate surface area is 645 Å². The van der Waals surface area contributed by atoms with Gasteiger partial charge in [-0.25, -0.2) is 59.8 Å². The summed E-state index contributed by atoms with van der Waals surface area (Å²) in [7, 11) is 0. The van der Waals surface area contributed by atoms with Gasteiger partial charge in [0, 0.05) is 105 Å². The Balaban J connectivity index is 0.000000172. The van der Waals surface area contributed by atoms with Crippen LogP contribution in [0.1, 0.15) is 190 Å². The first-order chi connectivity index (χ1) is 52.0. The van der Waals surface area contributed by atoms with E-state index in [-0.39, 0.29) is 92.7 Å². The van der Waals surface area contributed by atoms with E-state index in [1.807, 2.05) is 75.4 Å². The largest absolute Gasteiger partial charge is 0.392 e. The molecule has 0 amide bonds. The summed E-state index contributed by atoms with van der Waals surface area (Å²) in [6, 6.07) is 36.4. The predicted octanol–water partition coefficient (Wildman–Crippen LogP) is 22.4. The third-order valence-corrected chi connectivity index (χ3v) is 35.3. The van der Waals surface area contributed by atoms with E-state index in [2.05, 4.69) is 112 Å². The number of halogens is 9. The van der Waals surface area contributed by atoms with E-state index in [4.69, 9.17) is 29.7 Å². The van der Waals surface area contributed by atoms with E-state index in [0.29, 0.717) is 120 Å². The molecule has 4 aliphatic carbocycles. The maximum atomic E-state index is 13.3. The summed E-state index contributed by atoms with van der Waals surface area (Å²) in [4.78, 5) is 53.2. The summed E-state index contributed by atoms with van der Waals surface area (Å²) in [5.74, 6) is -8.04. The number of anilines is 4. The number of hydrogen-bond acceptors (Lipinski definition) is 13. The van der Waals surface area contributed by atoms with E-state index < -0.39 is 42.1 Å². The number of aliphatic hydroxyl groups excluding tert-OH is 1. The molecule has 4 saturated carbocycles. The molecule has 0 radical (unpaired) electrons. The molecule has 26 heteroatoms. The van der Waals surface area contributed by atoms with Crippen LogP contribution in [0.5, 0.6) is 0 Å². The fourth-order valence-electron chi connectivity index (χ4n) is 13.8. The zero-order valence-electron chi connectivity index (χ0n) is 63.5. The number of unbranched alkanes of at least 4 members (excludes halogenated alkanes) is 3. The number of nitrogens with one attached hydrogen (secondary N) is 5. The van der Waals surface area contributed by atoms with E-state index in [1.54, 1.807) is 34.0 Å². The monoisotopic (exact) mass is 1630 g/mol. The number of hydrogen-bond donors (Lipinski definition) is 6. The van der Waals surface area contributed by atoms with Crippen LogP contribution in [0.2, 0.25) is 18.5 Å². The normalized spacial score (nSPS) is 16.8. The molecule has 6 N–H and O–H groups in total. The first-order valence-electron chi connectivity index (χ1n) is 38.1. The van der Waals surface area contributed by atoms with Gasteiger partial charge >= 0.3 is 130 Å².